The molecule has 13 aromatic carbocycles. The Morgan fingerprint density at radius 1 is 0.225 bits per heavy atom. The van der Waals surface area contributed by atoms with Crippen LogP contribution in [0.1, 0.15) is 49.9 Å². The zero-order valence-electron chi connectivity index (χ0n) is 45.0. The van der Waals surface area contributed by atoms with Crippen LogP contribution in [0.2, 0.25) is 0 Å². The first-order chi connectivity index (χ1) is 39.2. The fourth-order valence-electron chi connectivity index (χ4n) is 14.6. The molecule has 15 aromatic rings. The molecule has 17 rings (SSSR count). The number of fused-ring (bicyclic) bond motifs is 17. The summed E-state index contributed by atoms with van der Waals surface area (Å²) < 4.78 is 5.03. The van der Waals surface area contributed by atoms with E-state index in [9.17, 15) is 0 Å². The van der Waals surface area contributed by atoms with Gasteiger partial charge in [0.25, 0.3) is 0 Å². The normalized spacial score (nSPS) is 14.4. The third kappa shape index (κ3) is 6.16. The quantitative estimate of drug-likeness (QED) is 0.163. The molecule has 0 saturated carbocycles. The molecule has 0 unspecified atom stereocenters. The van der Waals surface area contributed by atoms with Crippen LogP contribution in [0.3, 0.4) is 0 Å². The molecule has 2 aliphatic heterocycles. The Morgan fingerprint density at radius 3 is 1.39 bits per heavy atom. The van der Waals surface area contributed by atoms with Gasteiger partial charge >= 0.3 is 0 Å². The number of aromatic nitrogens is 2. The van der Waals surface area contributed by atoms with Crippen LogP contribution in [0, 0.1) is 0 Å². The number of benzene rings is 13. The summed E-state index contributed by atoms with van der Waals surface area (Å²) in [6.07, 6.45) is 0. The Labute approximate surface area is 464 Å². The molecular weight excluding hydrogens is 969 g/mol. The van der Waals surface area contributed by atoms with Crippen molar-refractivity contribution in [3.63, 3.8) is 0 Å². The molecule has 0 radical (unpaired) electrons. The molecule has 0 fully saturated rings. The molecule has 4 heteroatoms. The van der Waals surface area contributed by atoms with Crippen molar-refractivity contribution in [3.8, 4) is 11.4 Å². The third-order valence-corrected chi connectivity index (χ3v) is 18.4. The fourth-order valence-corrected chi connectivity index (χ4v) is 14.6. The highest BCUT2D eigenvalue weighted by molar-refractivity contribution is 6.29. The average Bonchev–Trinajstić information content (AvgIpc) is 3.55. The van der Waals surface area contributed by atoms with Crippen molar-refractivity contribution < 1.29 is 0 Å². The molecule has 80 heavy (non-hydrogen) atoms. The lowest BCUT2D eigenvalue weighted by molar-refractivity contribution is 0.631. The number of anilines is 6. The maximum absolute atomic E-state index is 2.58. The van der Waals surface area contributed by atoms with Crippen molar-refractivity contribution in [2.24, 2.45) is 0 Å². The molecule has 0 atom stereocenters. The lowest BCUT2D eigenvalue weighted by atomic mass is 9.72. The summed E-state index contributed by atoms with van der Waals surface area (Å²) in [4.78, 5) is 5.06. The molecule has 2 aliphatic rings. The number of para-hydroxylation sites is 4. The van der Waals surface area contributed by atoms with Gasteiger partial charge in [-0.05, 0) is 162 Å². The highest BCUT2D eigenvalue weighted by Gasteiger charge is 2.40. The predicted molar refractivity (Wildman–Crippen MR) is 339 cm³/mol. The first kappa shape index (κ1) is 45.2. The second-order valence-electron chi connectivity index (χ2n) is 23.3. The van der Waals surface area contributed by atoms with Crippen molar-refractivity contribution in [1.29, 1.82) is 0 Å². The maximum Gasteiger partial charge on any atom is 0.0562 e. The molecule has 0 saturated heterocycles. The van der Waals surface area contributed by atoms with Gasteiger partial charge in [0, 0.05) is 55.1 Å². The minimum Gasteiger partial charge on any atom is -0.310 e. The van der Waals surface area contributed by atoms with E-state index >= 15 is 0 Å². The minimum atomic E-state index is -0.376. The molecular formula is C76H54N4. The van der Waals surface area contributed by atoms with Crippen molar-refractivity contribution in [2.45, 2.75) is 38.5 Å². The fraction of sp³-hybridized carbons (Fsp3) is 0.0789. The molecule has 4 nitrogen and oxygen atoms in total. The Morgan fingerprint density at radius 2 is 0.675 bits per heavy atom. The molecule has 0 spiro atoms. The predicted octanol–water partition coefficient (Wildman–Crippen LogP) is 20.7. The number of rotatable bonds is 4. The second kappa shape index (κ2) is 16.3. The second-order valence-corrected chi connectivity index (χ2v) is 23.3. The Balaban J connectivity index is 0.993. The van der Waals surface area contributed by atoms with E-state index in [1.165, 1.54) is 126 Å². The molecule has 2 aromatic heterocycles. The van der Waals surface area contributed by atoms with Gasteiger partial charge in [0.1, 0.15) is 0 Å². The summed E-state index contributed by atoms with van der Waals surface area (Å²) in [5.41, 5.74) is 18.6. The lowest BCUT2D eigenvalue weighted by Crippen LogP contribution is -2.31. The average molecular weight is 1020 g/mol. The number of nitrogens with zero attached hydrogens (tertiary/aromatic N) is 4. The van der Waals surface area contributed by atoms with Crippen LogP contribution in [0.5, 0.6) is 0 Å². The zero-order chi connectivity index (χ0) is 53.2. The van der Waals surface area contributed by atoms with Crippen molar-refractivity contribution in [1.82, 2.24) is 9.13 Å². The Hall–Kier alpha value is -9.90. The summed E-state index contributed by atoms with van der Waals surface area (Å²) in [5, 5.41) is 15.0. The van der Waals surface area contributed by atoms with E-state index in [-0.39, 0.29) is 10.8 Å². The SMILES string of the molecule is CC1(C)c2ccccc2N(c2ccccc2)c2cc(-n3c4cc5c(cc4c4cc6c7ccccc7c7ccccc7c6cc43)C(C)(C)c3cc4ccccc4cc3N5c3cccc(-n4c5ccccc5c5ccccc54)c3)ccc21. The van der Waals surface area contributed by atoms with Gasteiger partial charge < -0.3 is 18.9 Å². The van der Waals surface area contributed by atoms with Crippen LogP contribution in [-0.4, -0.2) is 9.13 Å². The topological polar surface area (TPSA) is 16.3 Å². The van der Waals surface area contributed by atoms with Gasteiger partial charge in [-0.15, -0.1) is 0 Å². The van der Waals surface area contributed by atoms with Crippen LogP contribution in [0.4, 0.5) is 34.1 Å². The third-order valence-electron chi connectivity index (χ3n) is 18.4. The van der Waals surface area contributed by atoms with E-state index in [1.54, 1.807) is 0 Å². The van der Waals surface area contributed by atoms with Crippen molar-refractivity contribution in [3.05, 3.63) is 277 Å². The Bertz CT molecular complexity index is 5100. The highest BCUT2D eigenvalue weighted by Crippen LogP contribution is 2.57. The van der Waals surface area contributed by atoms with Crippen molar-refractivity contribution >= 4 is 121 Å². The Kier molecular flexibility index (Phi) is 9.21. The summed E-state index contributed by atoms with van der Waals surface area (Å²) in [7, 11) is 0. The van der Waals surface area contributed by atoms with E-state index in [4.69, 9.17) is 0 Å². The van der Waals surface area contributed by atoms with Gasteiger partial charge in [-0.3, -0.25) is 0 Å². The standard InChI is InChI=1S/C76H54N4/c1-75(2)63-33-16-19-36-69(63)77(49-23-6-5-7-24-49)73-42-52(37-38-64(73)75)79-70-45-60-56-30-13-11-28-54(56)53-27-10-12-29-55(53)59(60)43-61(70)62-44-66-74(46-71(62)79)80(72-40-48-22-9-8-21-47(48)39-65(72)76(66,3)4)51-26-20-25-50(41-51)78-67-34-17-14-31-57(67)58-32-15-18-35-68(58)78/h5-46H,1-4H3. The van der Waals surface area contributed by atoms with Crippen LogP contribution >= 0.6 is 0 Å². The highest BCUT2D eigenvalue weighted by atomic mass is 15.2. The maximum atomic E-state index is 2.58. The van der Waals surface area contributed by atoms with Gasteiger partial charge in [-0.25, -0.2) is 0 Å². The van der Waals surface area contributed by atoms with Gasteiger partial charge in [0.15, 0.2) is 0 Å². The summed E-state index contributed by atoms with van der Waals surface area (Å²) in [6, 6.07) is 95.9. The largest absolute Gasteiger partial charge is 0.310 e. The summed E-state index contributed by atoms with van der Waals surface area (Å²) in [5.74, 6) is 0. The van der Waals surface area contributed by atoms with E-state index in [0.29, 0.717) is 0 Å². The van der Waals surface area contributed by atoms with Gasteiger partial charge in [0.2, 0.25) is 0 Å². The van der Waals surface area contributed by atoms with Crippen LogP contribution < -0.4 is 9.80 Å². The molecule has 4 heterocycles. The van der Waals surface area contributed by atoms with Gasteiger partial charge in [-0.1, -0.05) is 185 Å². The summed E-state index contributed by atoms with van der Waals surface area (Å²) in [6.45, 7) is 9.64. The monoisotopic (exact) mass is 1020 g/mol. The van der Waals surface area contributed by atoms with E-state index in [2.05, 4.69) is 301 Å². The molecule has 0 amide bonds. The lowest BCUT2D eigenvalue weighted by Gasteiger charge is -2.42. The minimum absolute atomic E-state index is 0.247. The van der Waals surface area contributed by atoms with Gasteiger partial charge in [0.05, 0.1) is 44.8 Å². The molecule has 0 bridgehead atoms. The van der Waals surface area contributed by atoms with E-state index in [1.807, 2.05) is 0 Å². The van der Waals surface area contributed by atoms with E-state index < -0.39 is 0 Å². The summed E-state index contributed by atoms with van der Waals surface area (Å²) >= 11 is 0. The smallest absolute Gasteiger partial charge is 0.0562 e. The number of hydrogen-bond donors (Lipinski definition) is 0. The molecule has 0 N–H and O–H groups in total. The van der Waals surface area contributed by atoms with E-state index in [0.717, 1.165) is 28.3 Å². The first-order valence-electron chi connectivity index (χ1n) is 28.1. The van der Waals surface area contributed by atoms with Crippen LogP contribution in [-0.2, 0) is 10.8 Å². The van der Waals surface area contributed by atoms with Gasteiger partial charge in [-0.2, -0.15) is 0 Å². The molecule has 0 aliphatic carbocycles. The zero-order valence-corrected chi connectivity index (χ0v) is 45.0. The number of hydrogen-bond acceptors (Lipinski definition) is 2. The first-order valence-corrected chi connectivity index (χ1v) is 28.1. The van der Waals surface area contributed by atoms with Crippen LogP contribution in [0.15, 0.2) is 255 Å². The van der Waals surface area contributed by atoms with Crippen molar-refractivity contribution in [2.75, 3.05) is 9.80 Å². The molecule has 378 valence electrons. The van der Waals surface area contributed by atoms with Crippen LogP contribution in [0.25, 0.3) is 98.1 Å².